The van der Waals surface area contributed by atoms with Crippen LogP contribution in [-0.2, 0) is 11.2 Å². The Labute approximate surface area is 233 Å². The first kappa shape index (κ1) is 29.1. The molecule has 6 nitrogen and oxygen atoms in total. The van der Waals surface area contributed by atoms with Crippen molar-refractivity contribution in [2.24, 2.45) is 0 Å². The summed E-state index contributed by atoms with van der Waals surface area (Å²) in [5.41, 5.74) is 1.00. The highest BCUT2D eigenvalue weighted by molar-refractivity contribution is 6.30. The molecule has 3 fully saturated rings. The number of carbonyl (C=O) groups is 2. The molecule has 1 saturated carbocycles. The second-order valence-electron chi connectivity index (χ2n) is 11.5. The minimum atomic E-state index is -0.525. The van der Waals surface area contributed by atoms with Gasteiger partial charge in [-0.15, -0.1) is 0 Å². The van der Waals surface area contributed by atoms with Crippen LogP contribution >= 0.6 is 11.6 Å². The highest BCUT2D eigenvalue weighted by Gasteiger charge is 2.48. The molecule has 1 aromatic rings. The quantitative estimate of drug-likeness (QED) is 0.401. The molecule has 8 heteroatoms. The van der Waals surface area contributed by atoms with Crippen LogP contribution in [0.4, 0.5) is 9.18 Å². The first-order valence-electron chi connectivity index (χ1n) is 14.8. The maximum Gasteiger partial charge on any atom is 0.320 e. The fraction of sp³-hybridized carbons (Fsp3) is 0.733. The van der Waals surface area contributed by atoms with Crippen molar-refractivity contribution in [2.45, 2.75) is 121 Å². The van der Waals surface area contributed by atoms with Gasteiger partial charge in [-0.2, -0.15) is 0 Å². The molecule has 2 bridgehead atoms. The number of rotatable bonds is 10. The van der Waals surface area contributed by atoms with E-state index in [-0.39, 0.29) is 30.1 Å². The maximum atomic E-state index is 14.0. The summed E-state index contributed by atoms with van der Waals surface area (Å²) in [7, 11) is 0. The maximum absolute atomic E-state index is 14.0. The lowest BCUT2D eigenvalue weighted by Gasteiger charge is -2.48. The summed E-state index contributed by atoms with van der Waals surface area (Å²) in [4.78, 5) is 34.1. The van der Waals surface area contributed by atoms with E-state index in [0.29, 0.717) is 30.6 Å². The Hall–Kier alpha value is -1.86. The zero-order valence-corrected chi connectivity index (χ0v) is 24.1. The van der Waals surface area contributed by atoms with Gasteiger partial charge < -0.3 is 20.0 Å². The van der Waals surface area contributed by atoms with Crippen molar-refractivity contribution in [3.8, 4) is 0 Å². The van der Waals surface area contributed by atoms with E-state index in [1.165, 1.54) is 19.3 Å². The van der Waals surface area contributed by atoms with Crippen LogP contribution < -0.4 is 5.32 Å². The smallest absolute Gasteiger partial charge is 0.320 e. The molecule has 0 spiro atoms. The number of nitrogens with zero attached hydrogens (tertiary/aromatic N) is 3. The Balaban J connectivity index is 1.52. The van der Waals surface area contributed by atoms with Crippen LogP contribution in [0.3, 0.4) is 0 Å². The monoisotopic (exact) mass is 548 g/mol. The highest BCUT2D eigenvalue weighted by atomic mass is 35.5. The van der Waals surface area contributed by atoms with Crippen LogP contribution in [0.1, 0.15) is 84.1 Å². The normalized spacial score (nSPS) is 25.2. The van der Waals surface area contributed by atoms with Gasteiger partial charge in [-0.05, 0) is 83.4 Å². The van der Waals surface area contributed by atoms with Gasteiger partial charge in [0.05, 0.1) is 6.04 Å². The molecule has 3 unspecified atom stereocenters. The third-order valence-corrected chi connectivity index (χ3v) is 9.20. The summed E-state index contributed by atoms with van der Waals surface area (Å²) in [6, 6.07) is 7.52. The Morgan fingerprint density at radius 2 is 1.61 bits per heavy atom. The predicted molar refractivity (Wildman–Crippen MR) is 151 cm³/mol. The van der Waals surface area contributed by atoms with Gasteiger partial charge in [0, 0.05) is 48.3 Å². The Morgan fingerprint density at radius 1 is 1.00 bits per heavy atom. The number of alkyl halides is 1. The van der Waals surface area contributed by atoms with Crippen molar-refractivity contribution in [1.82, 2.24) is 20.0 Å². The van der Waals surface area contributed by atoms with E-state index in [2.05, 4.69) is 29.0 Å². The minimum absolute atomic E-state index is 0.0606. The number of hydrogen-bond donors (Lipinski definition) is 1. The SMILES string of the molecule is CCN(CC)C(=O)N(C1CCCCC1)C1CC2CCC(C1)N2C(=O)[C@@H](Cc1ccc(Cl)cc1)NC(C)CF. The fourth-order valence-corrected chi connectivity index (χ4v) is 7.13. The lowest BCUT2D eigenvalue weighted by Crippen LogP contribution is -2.61. The highest BCUT2D eigenvalue weighted by Crippen LogP contribution is 2.40. The number of benzene rings is 1. The van der Waals surface area contributed by atoms with Gasteiger partial charge in [0.25, 0.3) is 0 Å². The number of fused-ring (bicyclic) bond motifs is 2. The summed E-state index contributed by atoms with van der Waals surface area (Å²) < 4.78 is 13.5. The molecule has 1 aliphatic carbocycles. The number of nitrogens with one attached hydrogen (secondary N) is 1. The third kappa shape index (κ3) is 6.64. The summed E-state index contributed by atoms with van der Waals surface area (Å²) in [6.45, 7) is 6.80. The average Bonchev–Trinajstić information content (AvgIpc) is 3.19. The molecular weight excluding hydrogens is 503 g/mol. The summed E-state index contributed by atoms with van der Waals surface area (Å²) >= 11 is 6.07. The zero-order valence-electron chi connectivity index (χ0n) is 23.4. The summed E-state index contributed by atoms with van der Waals surface area (Å²) in [6.07, 6.45) is 9.87. The molecule has 3 aliphatic rings. The number of amides is 3. The molecule has 1 N–H and O–H groups in total. The van der Waals surface area contributed by atoms with Crippen molar-refractivity contribution in [3.05, 3.63) is 34.9 Å². The topological polar surface area (TPSA) is 55.9 Å². The molecule has 212 valence electrons. The van der Waals surface area contributed by atoms with E-state index in [9.17, 15) is 14.0 Å². The van der Waals surface area contributed by atoms with E-state index in [4.69, 9.17) is 11.6 Å². The number of urea groups is 1. The summed E-state index contributed by atoms with van der Waals surface area (Å²) in [5.74, 6) is 0.0606. The lowest BCUT2D eigenvalue weighted by atomic mass is 9.89. The average molecular weight is 549 g/mol. The zero-order chi connectivity index (χ0) is 27.2. The number of hydrogen-bond acceptors (Lipinski definition) is 3. The van der Waals surface area contributed by atoms with Crippen LogP contribution in [-0.4, -0.2) is 82.7 Å². The van der Waals surface area contributed by atoms with Gasteiger partial charge in [-0.25, -0.2) is 9.18 Å². The van der Waals surface area contributed by atoms with Gasteiger partial charge >= 0.3 is 6.03 Å². The Kier molecular flexibility index (Phi) is 10.3. The van der Waals surface area contributed by atoms with Crippen molar-refractivity contribution in [1.29, 1.82) is 0 Å². The molecule has 0 aromatic heterocycles. The first-order chi connectivity index (χ1) is 18.4. The molecule has 4 rings (SSSR count). The standard InChI is InChI=1S/C30H46ClFN4O2/c1-4-34(5-2)30(38)36(24-9-7-6-8-10-24)27-18-25-15-16-26(19-27)35(25)29(37)28(33-21(3)20-32)17-22-11-13-23(31)14-12-22/h11-14,21,24-28,33H,4-10,15-20H2,1-3H3/t21?,25?,26?,27?,28-/m1/s1. The van der Waals surface area contributed by atoms with Crippen LogP contribution in [0.15, 0.2) is 24.3 Å². The van der Waals surface area contributed by atoms with Gasteiger partial charge in [0.2, 0.25) is 5.91 Å². The fourth-order valence-electron chi connectivity index (χ4n) is 7.00. The van der Waals surface area contributed by atoms with Crippen LogP contribution in [0.25, 0.3) is 0 Å². The van der Waals surface area contributed by atoms with Crippen molar-refractivity contribution < 1.29 is 14.0 Å². The van der Waals surface area contributed by atoms with E-state index in [1.807, 2.05) is 29.2 Å². The second kappa shape index (κ2) is 13.5. The summed E-state index contributed by atoms with van der Waals surface area (Å²) in [5, 5.41) is 3.92. The van der Waals surface area contributed by atoms with Gasteiger partial charge in [0.15, 0.2) is 0 Å². The van der Waals surface area contributed by atoms with Crippen molar-refractivity contribution in [2.75, 3.05) is 19.8 Å². The molecule has 38 heavy (non-hydrogen) atoms. The van der Waals surface area contributed by atoms with Crippen LogP contribution in [0.2, 0.25) is 5.02 Å². The first-order valence-corrected chi connectivity index (χ1v) is 15.2. The van der Waals surface area contributed by atoms with E-state index < -0.39 is 18.8 Å². The van der Waals surface area contributed by atoms with Gasteiger partial charge in [-0.3, -0.25) is 4.79 Å². The lowest BCUT2D eigenvalue weighted by molar-refractivity contribution is -0.139. The van der Waals surface area contributed by atoms with E-state index in [0.717, 1.165) is 44.1 Å². The Morgan fingerprint density at radius 3 is 2.16 bits per heavy atom. The molecular formula is C30H46ClFN4O2. The largest absolute Gasteiger partial charge is 0.335 e. The molecule has 2 heterocycles. The van der Waals surface area contributed by atoms with Crippen molar-refractivity contribution in [3.63, 3.8) is 0 Å². The van der Waals surface area contributed by atoms with Crippen LogP contribution in [0.5, 0.6) is 0 Å². The third-order valence-electron chi connectivity index (χ3n) is 8.95. The molecule has 3 amide bonds. The Bertz CT molecular complexity index is 907. The molecule has 0 radical (unpaired) electrons. The molecule has 2 aliphatic heterocycles. The van der Waals surface area contributed by atoms with E-state index >= 15 is 0 Å². The van der Waals surface area contributed by atoms with Crippen molar-refractivity contribution >= 4 is 23.5 Å². The minimum Gasteiger partial charge on any atom is -0.335 e. The van der Waals surface area contributed by atoms with Gasteiger partial charge in [0.1, 0.15) is 6.67 Å². The van der Waals surface area contributed by atoms with Gasteiger partial charge in [-0.1, -0.05) is 43.0 Å². The molecule has 4 atom stereocenters. The predicted octanol–water partition coefficient (Wildman–Crippen LogP) is 5.82. The molecule has 2 saturated heterocycles. The second-order valence-corrected chi connectivity index (χ2v) is 12.0. The number of piperidine rings is 1. The van der Waals surface area contributed by atoms with E-state index in [1.54, 1.807) is 6.92 Å². The number of halogens is 2. The van der Waals surface area contributed by atoms with Crippen LogP contribution in [0, 0.1) is 0 Å². The molecule has 1 aromatic carbocycles. The number of carbonyl (C=O) groups excluding carboxylic acids is 2.